The fourth-order valence-corrected chi connectivity index (χ4v) is 2.40. The van der Waals surface area contributed by atoms with Crippen molar-refractivity contribution in [3.05, 3.63) is 29.3 Å². The van der Waals surface area contributed by atoms with Crippen LogP contribution in [0, 0.1) is 12.8 Å². The van der Waals surface area contributed by atoms with Crippen LogP contribution < -0.4 is 10.6 Å². The van der Waals surface area contributed by atoms with Gasteiger partial charge in [-0.3, -0.25) is 4.79 Å². The van der Waals surface area contributed by atoms with Gasteiger partial charge in [0.1, 0.15) is 0 Å². The number of rotatable bonds is 3. The maximum Gasteiger partial charge on any atom is 0.336 e. The lowest BCUT2D eigenvalue weighted by Crippen LogP contribution is -2.39. The molecule has 5 nitrogen and oxygen atoms in total. The number of anilines is 1. The number of amides is 1. The molecule has 3 N–H and O–H groups in total. The summed E-state index contributed by atoms with van der Waals surface area (Å²) in [6.45, 7) is 4.57. The molecule has 2 atom stereocenters. The van der Waals surface area contributed by atoms with Crippen molar-refractivity contribution >= 4 is 17.6 Å². The minimum atomic E-state index is -0.985. The molecule has 1 aliphatic heterocycles. The smallest absolute Gasteiger partial charge is 0.336 e. The van der Waals surface area contributed by atoms with E-state index in [1.165, 1.54) is 6.07 Å². The monoisotopic (exact) mass is 262 g/mol. The van der Waals surface area contributed by atoms with Crippen molar-refractivity contribution in [3.8, 4) is 0 Å². The number of carbonyl (C=O) groups excluding carboxylic acids is 1. The topological polar surface area (TPSA) is 78.4 Å². The van der Waals surface area contributed by atoms with Crippen molar-refractivity contribution in [2.45, 2.75) is 26.3 Å². The number of hydrogen-bond donors (Lipinski definition) is 3. The molecule has 0 spiro atoms. The second kappa shape index (κ2) is 5.40. The van der Waals surface area contributed by atoms with E-state index in [4.69, 9.17) is 5.11 Å². The van der Waals surface area contributed by atoms with Crippen LogP contribution in [-0.4, -0.2) is 29.6 Å². The molecule has 0 aromatic heterocycles. The molecule has 1 aliphatic rings. The lowest BCUT2D eigenvalue weighted by atomic mass is 10.0. The van der Waals surface area contributed by atoms with Gasteiger partial charge in [0.15, 0.2) is 0 Å². The predicted molar refractivity (Wildman–Crippen MR) is 72.3 cm³/mol. The fourth-order valence-electron chi connectivity index (χ4n) is 2.40. The van der Waals surface area contributed by atoms with Crippen LogP contribution in [0.15, 0.2) is 18.2 Å². The van der Waals surface area contributed by atoms with Crippen molar-refractivity contribution < 1.29 is 14.7 Å². The zero-order valence-electron chi connectivity index (χ0n) is 11.1. The zero-order valence-corrected chi connectivity index (χ0v) is 11.1. The van der Waals surface area contributed by atoms with Gasteiger partial charge in [0.25, 0.3) is 0 Å². The number of carboxylic acid groups (broad SMARTS) is 1. The maximum absolute atomic E-state index is 12.1. The number of aromatic carboxylic acids is 1. The van der Waals surface area contributed by atoms with Gasteiger partial charge in [-0.25, -0.2) is 4.79 Å². The molecule has 1 fully saturated rings. The van der Waals surface area contributed by atoms with Crippen LogP contribution in [0.1, 0.15) is 29.3 Å². The minimum absolute atomic E-state index is 0.101. The second-order valence-corrected chi connectivity index (χ2v) is 4.97. The Labute approximate surface area is 112 Å². The Kier molecular flexibility index (Phi) is 3.85. The number of hydrogen-bond acceptors (Lipinski definition) is 3. The largest absolute Gasteiger partial charge is 0.478 e. The zero-order chi connectivity index (χ0) is 14.0. The molecule has 19 heavy (non-hydrogen) atoms. The number of nitrogens with one attached hydrogen (secondary N) is 2. The van der Waals surface area contributed by atoms with Gasteiger partial charge in [-0.15, -0.1) is 0 Å². The van der Waals surface area contributed by atoms with E-state index in [-0.39, 0.29) is 17.5 Å². The summed E-state index contributed by atoms with van der Waals surface area (Å²) in [5, 5.41) is 15.0. The molecule has 2 unspecified atom stereocenters. The summed E-state index contributed by atoms with van der Waals surface area (Å²) < 4.78 is 0. The Morgan fingerprint density at radius 1 is 1.42 bits per heavy atom. The molecule has 1 aromatic rings. The molecule has 0 aliphatic carbocycles. The third kappa shape index (κ3) is 2.76. The Morgan fingerprint density at radius 2 is 2.16 bits per heavy atom. The fraction of sp³-hybridized carbons (Fsp3) is 0.429. The minimum Gasteiger partial charge on any atom is -0.478 e. The maximum atomic E-state index is 12.1. The van der Waals surface area contributed by atoms with E-state index in [0.717, 1.165) is 13.0 Å². The quantitative estimate of drug-likeness (QED) is 0.773. The highest BCUT2D eigenvalue weighted by atomic mass is 16.4. The first-order valence-corrected chi connectivity index (χ1v) is 6.38. The molecule has 102 valence electrons. The Morgan fingerprint density at radius 3 is 2.74 bits per heavy atom. The van der Waals surface area contributed by atoms with Crippen LogP contribution in [0.25, 0.3) is 0 Å². The standard InChI is InChI=1S/C14H18N2O3/c1-8-6-7-15-12(8)13(17)16-11-5-3-4-10(9(11)2)14(18)19/h3-5,8,12,15H,6-7H2,1-2H3,(H,16,17)(H,18,19). The van der Waals surface area contributed by atoms with E-state index in [2.05, 4.69) is 10.6 Å². The van der Waals surface area contributed by atoms with Crippen LogP contribution in [0.5, 0.6) is 0 Å². The average molecular weight is 262 g/mol. The molecular formula is C14H18N2O3. The summed E-state index contributed by atoms with van der Waals surface area (Å²) in [6.07, 6.45) is 0.978. The Balaban J connectivity index is 2.17. The summed E-state index contributed by atoms with van der Waals surface area (Å²) in [7, 11) is 0. The van der Waals surface area contributed by atoms with E-state index < -0.39 is 5.97 Å². The first kappa shape index (κ1) is 13.5. The molecule has 0 radical (unpaired) electrons. The molecule has 0 saturated carbocycles. The number of benzene rings is 1. The molecular weight excluding hydrogens is 244 g/mol. The van der Waals surface area contributed by atoms with Gasteiger partial charge in [0.05, 0.1) is 11.6 Å². The third-order valence-corrected chi connectivity index (χ3v) is 3.64. The molecule has 2 rings (SSSR count). The summed E-state index contributed by atoms with van der Waals surface area (Å²) in [4.78, 5) is 23.2. The molecule has 0 bridgehead atoms. The normalized spacial score (nSPS) is 22.2. The van der Waals surface area contributed by atoms with Crippen molar-refractivity contribution in [2.75, 3.05) is 11.9 Å². The highest BCUT2D eigenvalue weighted by Gasteiger charge is 2.29. The SMILES string of the molecule is Cc1c(NC(=O)C2NCCC2C)cccc1C(=O)O. The third-order valence-electron chi connectivity index (χ3n) is 3.64. The van der Waals surface area contributed by atoms with Crippen molar-refractivity contribution in [2.24, 2.45) is 5.92 Å². The Bertz CT molecular complexity index is 513. The van der Waals surface area contributed by atoms with Crippen LogP contribution in [0.2, 0.25) is 0 Å². The summed E-state index contributed by atoms with van der Waals surface area (Å²) in [6, 6.07) is 4.69. The Hall–Kier alpha value is -1.88. The van der Waals surface area contributed by atoms with Crippen LogP contribution in [0.3, 0.4) is 0 Å². The number of carboxylic acids is 1. The summed E-state index contributed by atoms with van der Waals surface area (Å²) in [5.41, 5.74) is 1.35. The molecule has 1 heterocycles. The highest BCUT2D eigenvalue weighted by Crippen LogP contribution is 2.21. The summed E-state index contributed by atoms with van der Waals surface area (Å²) >= 11 is 0. The second-order valence-electron chi connectivity index (χ2n) is 4.97. The van der Waals surface area contributed by atoms with Gasteiger partial charge in [-0.1, -0.05) is 13.0 Å². The molecule has 1 aromatic carbocycles. The molecule has 1 amide bonds. The van der Waals surface area contributed by atoms with E-state index in [9.17, 15) is 9.59 Å². The van der Waals surface area contributed by atoms with Crippen molar-refractivity contribution in [1.82, 2.24) is 5.32 Å². The van der Waals surface area contributed by atoms with Gasteiger partial charge in [0.2, 0.25) is 5.91 Å². The van der Waals surface area contributed by atoms with Gasteiger partial charge >= 0.3 is 5.97 Å². The van der Waals surface area contributed by atoms with Gasteiger partial charge < -0.3 is 15.7 Å². The van der Waals surface area contributed by atoms with E-state index in [1.54, 1.807) is 19.1 Å². The summed E-state index contributed by atoms with van der Waals surface area (Å²) in [5.74, 6) is -0.792. The first-order chi connectivity index (χ1) is 9.00. The highest BCUT2D eigenvalue weighted by molar-refractivity contribution is 5.98. The van der Waals surface area contributed by atoms with Crippen molar-refractivity contribution in [3.63, 3.8) is 0 Å². The average Bonchev–Trinajstić information content (AvgIpc) is 2.77. The van der Waals surface area contributed by atoms with Gasteiger partial charge in [0, 0.05) is 5.69 Å². The lowest BCUT2D eigenvalue weighted by molar-refractivity contribution is -0.118. The first-order valence-electron chi connectivity index (χ1n) is 6.38. The number of carbonyl (C=O) groups is 2. The van der Waals surface area contributed by atoms with E-state index in [1.807, 2.05) is 6.92 Å². The predicted octanol–water partition coefficient (Wildman–Crippen LogP) is 1.63. The molecule has 1 saturated heterocycles. The van der Waals surface area contributed by atoms with Crippen LogP contribution in [0.4, 0.5) is 5.69 Å². The molecule has 5 heteroatoms. The van der Waals surface area contributed by atoms with E-state index >= 15 is 0 Å². The van der Waals surface area contributed by atoms with Crippen LogP contribution in [-0.2, 0) is 4.79 Å². The van der Waals surface area contributed by atoms with Gasteiger partial charge in [-0.2, -0.15) is 0 Å². The van der Waals surface area contributed by atoms with Crippen LogP contribution >= 0.6 is 0 Å². The van der Waals surface area contributed by atoms with Gasteiger partial charge in [-0.05, 0) is 43.5 Å². The lowest BCUT2D eigenvalue weighted by Gasteiger charge is -2.17. The van der Waals surface area contributed by atoms with E-state index in [0.29, 0.717) is 17.2 Å². The van der Waals surface area contributed by atoms with Crippen molar-refractivity contribution in [1.29, 1.82) is 0 Å².